The molecule has 0 radical (unpaired) electrons. The van der Waals surface area contributed by atoms with Gasteiger partial charge in [-0.25, -0.2) is 8.42 Å². The van der Waals surface area contributed by atoms with Crippen LogP contribution in [0.3, 0.4) is 0 Å². The molecule has 0 bridgehead atoms. The zero-order chi connectivity index (χ0) is 20.9. The van der Waals surface area contributed by atoms with Gasteiger partial charge in [0.2, 0.25) is 0 Å². The lowest BCUT2D eigenvalue weighted by atomic mass is 10.1. The van der Waals surface area contributed by atoms with Crippen molar-refractivity contribution in [2.75, 3.05) is 44.7 Å². The predicted molar refractivity (Wildman–Crippen MR) is 114 cm³/mol. The SMILES string of the molecule is CS(=O)(=O)CCN1CCN(C(=O)c2cccc(OCc3cccc(Cl)c3)c2)CC1. The summed E-state index contributed by atoms with van der Waals surface area (Å²) in [6.07, 6.45) is 1.24. The fraction of sp³-hybridized carbons (Fsp3) is 0.381. The van der Waals surface area contributed by atoms with E-state index >= 15 is 0 Å². The summed E-state index contributed by atoms with van der Waals surface area (Å²) in [5, 5.41) is 0.658. The normalized spacial score (nSPS) is 15.3. The molecule has 1 amide bonds. The lowest BCUT2D eigenvalue weighted by Crippen LogP contribution is -2.49. The summed E-state index contributed by atoms with van der Waals surface area (Å²) in [4.78, 5) is 16.7. The highest BCUT2D eigenvalue weighted by Gasteiger charge is 2.22. The molecule has 0 aromatic heterocycles. The summed E-state index contributed by atoms with van der Waals surface area (Å²) >= 11 is 5.99. The maximum absolute atomic E-state index is 12.8. The summed E-state index contributed by atoms with van der Waals surface area (Å²) in [5.41, 5.74) is 1.54. The van der Waals surface area contributed by atoms with Crippen molar-refractivity contribution in [3.63, 3.8) is 0 Å². The van der Waals surface area contributed by atoms with Crippen molar-refractivity contribution >= 4 is 27.3 Å². The molecule has 0 spiro atoms. The van der Waals surface area contributed by atoms with Gasteiger partial charge in [0.15, 0.2) is 0 Å². The van der Waals surface area contributed by atoms with Gasteiger partial charge in [-0.2, -0.15) is 0 Å². The number of carbonyl (C=O) groups excluding carboxylic acids is 1. The standard InChI is InChI=1S/C21H25ClN2O4S/c1-29(26,27)13-12-23-8-10-24(11-9-23)21(25)18-5-3-7-20(15-18)28-16-17-4-2-6-19(22)14-17/h2-7,14-15H,8-13,16H2,1H3. The first kappa shape index (κ1) is 21.6. The van der Waals surface area contributed by atoms with Crippen LogP contribution in [0.15, 0.2) is 48.5 Å². The fourth-order valence-corrected chi connectivity index (χ4v) is 3.97. The molecule has 29 heavy (non-hydrogen) atoms. The molecule has 0 atom stereocenters. The number of piperazine rings is 1. The van der Waals surface area contributed by atoms with E-state index < -0.39 is 9.84 Å². The number of carbonyl (C=O) groups is 1. The molecular formula is C21H25ClN2O4S. The van der Waals surface area contributed by atoms with Crippen LogP contribution in [0.2, 0.25) is 5.02 Å². The third-order valence-electron chi connectivity index (χ3n) is 4.81. The van der Waals surface area contributed by atoms with Gasteiger partial charge < -0.3 is 9.64 Å². The molecule has 156 valence electrons. The second-order valence-corrected chi connectivity index (χ2v) is 9.91. The van der Waals surface area contributed by atoms with Crippen molar-refractivity contribution < 1.29 is 17.9 Å². The molecule has 0 unspecified atom stereocenters. The van der Waals surface area contributed by atoms with Gasteiger partial charge in [0.1, 0.15) is 22.2 Å². The van der Waals surface area contributed by atoms with Crippen LogP contribution >= 0.6 is 11.6 Å². The summed E-state index contributed by atoms with van der Waals surface area (Å²) in [6, 6.07) is 14.6. The Balaban J connectivity index is 1.54. The van der Waals surface area contributed by atoms with Gasteiger partial charge in [-0.05, 0) is 35.9 Å². The molecular weight excluding hydrogens is 412 g/mol. The van der Waals surface area contributed by atoms with Crippen molar-refractivity contribution in [2.24, 2.45) is 0 Å². The van der Waals surface area contributed by atoms with Crippen LogP contribution in [0.1, 0.15) is 15.9 Å². The van der Waals surface area contributed by atoms with Gasteiger partial charge >= 0.3 is 0 Å². The Labute approximate surface area is 176 Å². The van der Waals surface area contributed by atoms with E-state index in [1.54, 1.807) is 17.0 Å². The molecule has 0 aliphatic carbocycles. The van der Waals surface area contributed by atoms with E-state index in [0.717, 1.165) is 5.56 Å². The van der Waals surface area contributed by atoms with Crippen LogP contribution in [0.5, 0.6) is 5.75 Å². The van der Waals surface area contributed by atoms with Crippen molar-refractivity contribution in [1.82, 2.24) is 9.80 Å². The van der Waals surface area contributed by atoms with E-state index in [2.05, 4.69) is 4.90 Å². The smallest absolute Gasteiger partial charge is 0.254 e. The number of halogens is 1. The van der Waals surface area contributed by atoms with Gasteiger partial charge in [0, 0.05) is 49.6 Å². The highest BCUT2D eigenvalue weighted by molar-refractivity contribution is 7.90. The second-order valence-electron chi connectivity index (χ2n) is 7.21. The van der Waals surface area contributed by atoms with E-state index in [4.69, 9.17) is 16.3 Å². The molecule has 6 nitrogen and oxygen atoms in total. The Hall–Kier alpha value is -2.09. The lowest BCUT2D eigenvalue weighted by Gasteiger charge is -2.34. The van der Waals surface area contributed by atoms with Crippen LogP contribution in [0.4, 0.5) is 0 Å². The maximum atomic E-state index is 12.8. The van der Waals surface area contributed by atoms with Crippen LogP contribution in [-0.4, -0.2) is 68.9 Å². The molecule has 8 heteroatoms. The van der Waals surface area contributed by atoms with Crippen molar-refractivity contribution in [2.45, 2.75) is 6.61 Å². The molecule has 0 saturated carbocycles. The van der Waals surface area contributed by atoms with Gasteiger partial charge in [-0.15, -0.1) is 0 Å². The van der Waals surface area contributed by atoms with Crippen LogP contribution in [-0.2, 0) is 16.4 Å². The highest BCUT2D eigenvalue weighted by Crippen LogP contribution is 2.18. The average molecular weight is 437 g/mol. The minimum absolute atomic E-state index is 0.0408. The topological polar surface area (TPSA) is 66.9 Å². The number of nitrogens with zero attached hydrogens (tertiary/aromatic N) is 2. The molecule has 1 fully saturated rings. The zero-order valence-corrected chi connectivity index (χ0v) is 18.0. The third-order valence-corrected chi connectivity index (χ3v) is 5.97. The Bertz CT molecular complexity index is 957. The first-order chi connectivity index (χ1) is 13.8. The summed E-state index contributed by atoms with van der Waals surface area (Å²) < 4.78 is 28.4. The molecule has 1 heterocycles. The Morgan fingerprint density at radius 2 is 1.79 bits per heavy atom. The average Bonchev–Trinajstić information content (AvgIpc) is 2.70. The lowest BCUT2D eigenvalue weighted by molar-refractivity contribution is 0.0643. The number of sulfone groups is 1. The summed E-state index contributed by atoms with van der Waals surface area (Å²) in [5.74, 6) is 0.732. The number of hydrogen-bond donors (Lipinski definition) is 0. The van der Waals surface area contributed by atoms with E-state index in [-0.39, 0.29) is 11.7 Å². The van der Waals surface area contributed by atoms with E-state index in [9.17, 15) is 13.2 Å². The Morgan fingerprint density at radius 1 is 1.07 bits per heavy atom. The number of hydrogen-bond acceptors (Lipinski definition) is 5. The monoisotopic (exact) mass is 436 g/mol. The van der Waals surface area contributed by atoms with Crippen molar-refractivity contribution in [3.05, 3.63) is 64.7 Å². The first-order valence-corrected chi connectivity index (χ1v) is 11.9. The third kappa shape index (κ3) is 6.73. The van der Waals surface area contributed by atoms with E-state index in [1.807, 2.05) is 36.4 Å². The minimum atomic E-state index is -2.97. The van der Waals surface area contributed by atoms with Crippen LogP contribution in [0.25, 0.3) is 0 Å². The van der Waals surface area contributed by atoms with Crippen molar-refractivity contribution in [3.8, 4) is 5.75 Å². The number of rotatable bonds is 7. The van der Waals surface area contributed by atoms with Gasteiger partial charge in [0.25, 0.3) is 5.91 Å². The molecule has 2 aromatic carbocycles. The molecule has 1 saturated heterocycles. The summed E-state index contributed by atoms with van der Waals surface area (Å²) in [6.45, 7) is 3.38. The van der Waals surface area contributed by atoms with Gasteiger partial charge in [0.05, 0.1) is 5.75 Å². The summed E-state index contributed by atoms with van der Waals surface area (Å²) in [7, 11) is -2.97. The largest absolute Gasteiger partial charge is 0.489 e. The van der Waals surface area contributed by atoms with E-state index in [1.165, 1.54) is 6.26 Å². The van der Waals surface area contributed by atoms with E-state index in [0.29, 0.717) is 55.7 Å². The van der Waals surface area contributed by atoms with Gasteiger partial charge in [-0.3, -0.25) is 9.69 Å². The second kappa shape index (κ2) is 9.61. The molecule has 1 aliphatic rings. The minimum Gasteiger partial charge on any atom is -0.489 e. The zero-order valence-electron chi connectivity index (χ0n) is 16.4. The van der Waals surface area contributed by atoms with Gasteiger partial charge in [-0.1, -0.05) is 29.8 Å². The Morgan fingerprint density at radius 3 is 2.48 bits per heavy atom. The number of benzene rings is 2. The number of ether oxygens (including phenoxy) is 1. The Kier molecular flexibility index (Phi) is 7.16. The molecule has 3 rings (SSSR count). The maximum Gasteiger partial charge on any atom is 0.254 e. The fourth-order valence-electron chi connectivity index (χ4n) is 3.16. The number of amides is 1. The van der Waals surface area contributed by atoms with Crippen LogP contribution in [0, 0.1) is 0 Å². The molecule has 1 aliphatic heterocycles. The molecule has 2 aromatic rings. The van der Waals surface area contributed by atoms with Crippen molar-refractivity contribution in [1.29, 1.82) is 0 Å². The predicted octanol–water partition coefficient (Wildman–Crippen LogP) is 2.72. The quantitative estimate of drug-likeness (QED) is 0.667. The molecule has 0 N–H and O–H groups in total. The first-order valence-electron chi connectivity index (χ1n) is 9.47. The van der Waals surface area contributed by atoms with Crippen LogP contribution < -0.4 is 4.74 Å². The highest BCUT2D eigenvalue weighted by atomic mass is 35.5.